The molecule has 164 valence electrons. The smallest absolute Gasteiger partial charge is 0.111 e. The van der Waals surface area contributed by atoms with Crippen molar-refractivity contribution in [3.63, 3.8) is 0 Å². The molecule has 0 spiro atoms. The van der Waals surface area contributed by atoms with Gasteiger partial charge in [0.25, 0.3) is 0 Å². The lowest BCUT2D eigenvalue weighted by Gasteiger charge is -2.26. The fraction of sp³-hybridized carbons (Fsp3) is 1.00. The van der Waals surface area contributed by atoms with Crippen LogP contribution in [0.3, 0.4) is 0 Å². The first-order chi connectivity index (χ1) is 12.7. The largest absolute Gasteiger partial charge is 0.394 e. The highest BCUT2D eigenvalue weighted by Crippen LogP contribution is 2.05. The molecule has 0 aromatic rings. The third-order valence-electron chi connectivity index (χ3n) is 4.06. The molecule has 0 fully saturated rings. The van der Waals surface area contributed by atoms with Gasteiger partial charge in [-0.1, -0.05) is 0 Å². The van der Waals surface area contributed by atoms with Crippen LogP contribution >= 0.6 is 0 Å². The van der Waals surface area contributed by atoms with Crippen molar-refractivity contribution in [2.45, 2.75) is 55.3 Å². The van der Waals surface area contributed by atoms with Crippen LogP contribution in [0.4, 0.5) is 0 Å². The van der Waals surface area contributed by atoms with E-state index in [1.807, 2.05) is 0 Å². The number of hydrogen-bond acceptors (Lipinski definition) is 12. The molecule has 0 saturated carbocycles. The highest BCUT2D eigenvalue weighted by molar-refractivity contribution is 4.82. The van der Waals surface area contributed by atoms with Crippen LogP contribution in [0, 0.1) is 0 Å². The highest BCUT2D eigenvalue weighted by Gasteiger charge is 2.30. The quantitative estimate of drug-likeness (QED) is 0.108. The molecular weight excluding hydrogens is 368 g/mol. The van der Waals surface area contributed by atoms with Gasteiger partial charge in [0, 0.05) is 13.1 Å². The predicted octanol–water partition coefficient (Wildman–Crippen LogP) is -6.57. The minimum absolute atomic E-state index is 0.0665. The molecule has 8 atom stereocenters. The Hall–Kier alpha value is -0.480. The Morgan fingerprint density at radius 2 is 0.778 bits per heavy atom. The van der Waals surface area contributed by atoms with Gasteiger partial charge in [-0.25, -0.2) is 0 Å². The Morgan fingerprint density at radius 1 is 0.481 bits per heavy atom. The molecule has 0 unspecified atom stereocenters. The summed E-state index contributed by atoms with van der Waals surface area (Å²) in [6, 6.07) is 0. The van der Waals surface area contributed by atoms with Crippen LogP contribution in [-0.4, -0.2) is 139 Å². The Morgan fingerprint density at radius 3 is 1.07 bits per heavy atom. The third kappa shape index (κ3) is 10.0. The van der Waals surface area contributed by atoms with Gasteiger partial charge < -0.3 is 61.7 Å². The second-order valence-electron chi connectivity index (χ2n) is 6.36. The van der Waals surface area contributed by atoms with Crippen LogP contribution < -0.4 is 10.6 Å². The molecule has 0 amide bonds. The number of nitrogens with one attached hydrogen (secondary N) is 2. The zero-order chi connectivity index (χ0) is 21.0. The molecule has 0 aromatic heterocycles. The van der Waals surface area contributed by atoms with Gasteiger partial charge in [-0.05, 0) is 19.5 Å². The molecule has 0 aliphatic carbocycles. The van der Waals surface area contributed by atoms with Gasteiger partial charge in [0.1, 0.15) is 36.6 Å². The summed E-state index contributed by atoms with van der Waals surface area (Å²) in [5.41, 5.74) is 0. The zero-order valence-corrected chi connectivity index (χ0v) is 15.0. The van der Waals surface area contributed by atoms with Crippen molar-refractivity contribution in [2.24, 2.45) is 0 Å². The maximum absolute atomic E-state index is 9.68. The summed E-state index contributed by atoms with van der Waals surface area (Å²) in [4.78, 5) is 0. The van der Waals surface area contributed by atoms with E-state index in [9.17, 15) is 40.9 Å². The lowest BCUT2D eigenvalue weighted by Crippen LogP contribution is -2.49. The lowest BCUT2D eigenvalue weighted by molar-refractivity contribution is -0.114. The molecular formula is C15H34N2O10. The molecule has 0 aliphatic heterocycles. The molecule has 27 heavy (non-hydrogen) atoms. The first-order valence-corrected chi connectivity index (χ1v) is 8.75. The summed E-state index contributed by atoms with van der Waals surface area (Å²) in [6.07, 6.45) is -11.9. The van der Waals surface area contributed by atoms with Crippen molar-refractivity contribution >= 4 is 0 Å². The SMILES string of the molecule is OC[C@@H](O)[C@@H](O)[C@H](O)[C@@H](O)CNCCCNC[C@H](O)[C@@H](O)[C@H](O)[C@H](O)CO. The second kappa shape index (κ2) is 14.5. The summed E-state index contributed by atoms with van der Waals surface area (Å²) in [6.45, 7) is -0.826. The first kappa shape index (κ1) is 26.5. The fourth-order valence-electron chi connectivity index (χ4n) is 2.21. The summed E-state index contributed by atoms with van der Waals surface area (Å²) in [5, 5.41) is 98.9. The number of aliphatic hydroxyl groups excluding tert-OH is 10. The summed E-state index contributed by atoms with van der Waals surface area (Å²) < 4.78 is 0. The molecule has 12 N–H and O–H groups in total. The van der Waals surface area contributed by atoms with Crippen molar-refractivity contribution in [1.29, 1.82) is 0 Å². The van der Waals surface area contributed by atoms with E-state index in [1.54, 1.807) is 0 Å². The Bertz CT molecular complexity index is 335. The van der Waals surface area contributed by atoms with Crippen LogP contribution in [0.25, 0.3) is 0 Å². The van der Waals surface area contributed by atoms with E-state index >= 15 is 0 Å². The molecule has 0 bridgehead atoms. The molecule has 0 radical (unpaired) electrons. The number of aliphatic hydroxyl groups is 10. The molecule has 12 heteroatoms. The Balaban J connectivity index is 3.85. The van der Waals surface area contributed by atoms with Crippen molar-refractivity contribution < 1.29 is 51.1 Å². The minimum Gasteiger partial charge on any atom is -0.394 e. The van der Waals surface area contributed by atoms with Gasteiger partial charge in [0.05, 0.1) is 25.4 Å². The van der Waals surface area contributed by atoms with Crippen molar-refractivity contribution in [3.05, 3.63) is 0 Å². The highest BCUT2D eigenvalue weighted by atomic mass is 16.4. The third-order valence-corrected chi connectivity index (χ3v) is 4.06. The Labute approximate surface area is 157 Å². The van der Waals surface area contributed by atoms with E-state index in [-0.39, 0.29) is 13.1 Å². The van der Waals surface area contributed by atoms with Gasteiger partial charge in [0.15, 0.2) is 0 Å². The molecule has 12 nitrogen and oxygen atoms in total. The zero-order valence-electron chi connectivity index (χ0n) is 15.0. The van der Waals surface area contributed by atoms with Crippen LogP contribution in [0.1, 0.15) is 6.42 Å². The molecule has 0 rings (SSSR count). The Kier molecular flexibility index (Phi) is 14.3. The molecule has 0 heterocycles. The lowest BCUT2D eigenvalue weighted by atomic mass is 10.0. The molecule has 0 aromatic carbocycles. The normalized spacial score (nSPS) is 21.1. The maximum Gasteiger partial charge on any atom is 0.111 e. The summed E-state index contributed by atoms with van der Waals surface area (Å²) in [7, 11) is 0. The van der Waals surface area contributed by atoms with Gasteiger partial charge in [-0.2, -0.15) is 0 Å². The van der Waals surface area contributed by atoms with Crippen molar-refractivity contribution in [2.75, 3.05) is 39.4 Å². The maximum atomic E-state index is 9.68. The monoisotopic (exact) mass is 402 g/mol. The first-order valence-electron chi connectivity index (χ1n) is 8.75. The van der Waals surface area contributed by atoms with E-state index in [1.165, 1.54) is 0 Å². The van der Waals surface area contributed by atoms with Crippen molar-refractivity contribution in [1.82, 2.24) is 10.6 Å². The fourth-order valence-corrected chi connectivity index (χ4v) is 2.21. The van der Waals surface area contributed by atoms with E-state index in [0.717, 1.165) is 0 Å². The standard InChI is InChI=1S/C15H34N2O10/c18-6-10(22)14(26)12(24)8(20)4-16-2-1-3-17-5-9(21)13(25)15(27)11(23)7-19/h8-27H,1-7H2/t8-,9-,10+,11+,12+,13+,14+,15+/m0/s1. The van der Waals surface area contributed by atoms with Gasteiger partial charge >= 0.3 is 0 Å². The summed E-state index contributed by atoms with van der Waals surface area (Å²) >= 11 is 0. The average Bonchev–Trinajstić information content (AvgIpc) is 2.68. The average molecular weight is 402 g/mol. The topological polar surface area (TPSA) is 226 Å². The molecule has 0 aliphatic rings. The van der Waals surface area contributed by atoms with E-state index in [0.29, 0.717) is 19.5 Å². The van der Waals surface area contributed by atoms with Crippen LogP contribution in [0.2, 0.25) is 0 Å². The van der Waals surface area contributed by atoms with Crippen LogP contribution in [0.5, 0.6) is 0 Å². The van der Waals surface area contributed by atoms with E-state index in [2.05, 4.69) is 10.6 Å². The minimum atomic E-state index is -1.68. The second-order valence-corrected chi connectivity index (χ2v) is 6.36. The number of rotatable bonds is 16. The predicted molar refractivity (Wildman–Crippen MR) is 92.6 cm³/mol. The van der Waals surface area contributed by atoms with Crippen LogP contribution in [-0.2, 0) is 0 Å². The number of hydrogen-bond donors (Lipinski definition) is 12. The van der Waals surface area contributed by atoms with E-state index < -0.39 is 62.0 Å². The van der Waals surface area contributed by atoms with Gasteiger partial charge in [-0.3, -0.25) is 0 Å². The van der Waals surface area contributed by atoms with Crippen LogP contribution in [0.15, 0.2) is 0 Å². The molecule has 0 saturated heterocycles. The van der Waals surface area contributed by atoms with Gasteiger partial charge in [-0.15, -0.1) is 0 Å². The van der Waals surface area contributed by atoms with Gasteiger partial charge in [0.2, 0.25) is 0 Å². The summed E-state index contributed by atoms with van der Waals surface area (Å²) in [5.74, 6) is 0. The van der Waals surface area contributed by atoms with E-state index in [4.69, 9.17) is 10.2 Å². The van der Waals surface area contributed by atoms with Crippen molar-refractivity contribution in [3.8, 4) is 0 Å².